The lowest BCUT2D eigenvalue weighted by Gasteiger charge is -2.62. The number of nitrogens with zero attached hydrogens (tertiary/aromatic N) is 3. The highest BCUT2D eigenvalue weighted by atomic mass is 32.2. The van der Waals surface area contributed by atoms with Crippen molar-refractivity contribution in [2.75, 3.05) is 43.9 Å². The third-order valence-electron chi connectivity index (χ3n) is 21.1. The van der Waals surface area contributed by atoms with Crippen LogP contribution in [0.4, 0.5) is 10.1 Å². The lowest BCUT2D eigenvalue weighted by molar-refractivity contribution is -0.212. The first kappa shape index (κ1) is 60.2. The zero-order valence-electron chi connectivity index (χ0n) is 49.0. The molecule has 7 aliphatic rings. The number of benzene rings is 1. The number of aromatic nitrogens is 1. The first-order valence-electron chi connectivity index (χ1n) is 31.1. The van der Waals surface area contributed by atoms with Gasteiger partial charge in [-0.2, -0.15) is 0 Å². The lowest BCUT2D eigenvalue weighted by Crippen LogP contribution is -2.63. The molecule has 4 bridgehead atoms. The SMILES string of the molecule is C=C[C@@]1(C)C[C@H](OC(=O)CSC2CC3CCC(C2)N3C)[C@@]2(C)C(C)CCC3(CCC(=O)C32)[C@H](C)[C@@H]1OC(=O)CCCCCCCCCCC(CCCCCC)OC(=O)c1c2n(c3cc(N4CCNCC4)c(F)cc3c1=O)C(C)S2. The summed E-state index contributed by atoms with van der Waals surface area (Å²) < 4.78 is 37.2. The van der Waals surface area contributed by atoms with Crippen molar-refractivity contribution in [1.82, 2.24) is 14.8 Å². The fourth-order valence-electron chi connectivity index (χ4n) is 16.1. The number of carbonyl (C=O) groups is 4. The first-order chi connectivity index (χ1) is 37.9. The minimum absolute atomic E-state index is 0.00175. The van der Waals surface area contributed by atoms with E-state index in [2.05, 4.69) is 58.5 Å². The summed E-state index contributed by atoms with van der Waals surface area (Å²) in [7, 11) is 2.24. The van der Waals surface area contributed by atoms with Crippen LogP contribution in [0, 0.1) is 39.8 Å². The van der Waals surface area contributed by atoms with Gasteiger partial charge in [-0.25, -0.2) is 9.18 Å². The van der Waals surface area contributed by atoms with E-state index in [9.17, 15) is 24.0 Å². The number of anilines is 1. The number of unbranched alkanes of at least 4 members (excludes halogenated alkanes) is 10. The topological polar surface area (TPSA) is 136 Å². The van der Waals surface area contributed by atoms with E-state index in [1.807, 2.05) is 22.5 Å². The Morgan fingerprint density at radius 2 is 1.54 bits per heavy atom. The van der Waals surface area contributed by atoms with Crippen molar-refractivity contribution in [2.24, 2.45) is 34.0 Å². The second-order valence-electron chi connectivity index (χ2n) is 25.9. The standard InChI is InChI=1S/C64H95FN4O8S2/c1-9-11-12-19-22-46(75-61(74)56-57(73)48-37-49(65)51(68-33-31-66-32-34-68)38-50(48)69-43(5)79-60(56)69)23-20-17-15-13-14-16-18-21-24-54(71)77-59-42(4)64-29-27-41(3)63(7,58(64)52(70)28-30-64)53(39-62(59,6)10-2)76-55(72)40-78-47-35-44-25-26-45(36-47)67(44)8/h10,37-38,41-47,53,58-59,66H,2,9,11-36,39-40H2,1,3-8H3/t41?,42-,43?,44?,45?,46?,47?,53+,58?,59+,62+,63-,64?/m1/s1. The first-order valence-corrected chi connectivity index (χ1v) is 33.0. The summed E-state index contributed by atoms with van der Waals surface area (Å²) in [4.78, 5) is 74.9. The maximum Gasteiger partial charge on any atom is 0.345 e. The van der Waals surface area contributed by atoms with Crippen molar-refractivity contribution < 1.29 is 37.8 Å². The van der Waals surface area contributed by atoms with Crippen LogP contribution < -0.4 is 15.6 Å². The largest absolute Gasteiger partial charge is 0.461 e. The molecular formula is C64H95FN4O8S2. The van der Waals surface area contributed by atoms with Gasteiger partial charge in [0.05, 0.1) is 27.4 Å². The molecule has 12 atom stereocenters. The van der Waals surface area contributed by atoms with Crippen LogP contribution >= 0.6 is 23.5 Å². The van der Waals surface area contributed by atoms with Crippen molar-refractivity contribution in [1.29, 1.82) is 0 Å². The van der Waals surface area contributed by atoms with Crippen LogP contribution in [-0.2, 0) is 28.6 Å². The molecule has 3 aliphatic carbocycles. The van der Waals surface area contributed by atoms with Gasteiger partial charge < -0.3 is 33.9 Å². The second-order valence-corrected chi connectivity index (χ2v) is 28.5. The maximum atomic E-state index is 15.7. The summed E-state index contributed by atoms with van der Waals surface area (Å²) in [5.74, 6) is -1.05. The Balaban J connectivity index is 0.749. The number of hydrogen-bond acceptors (Lipinski definition) is 13. The van der Waals surface area contributed by atoms with Crippen molar-refractivity contribution in [3.63, 3.8) is 0 Å². The highest BCUT2D eigenvalue weighted by molar-refractivity contribution is 8.00. The molecule has 1 N–H and O–H groups in total. The number of piperazine rings is 1. The van der Waals surface area contributed by atoms with Gasteiger partial charge in [-0.15, -0.1) is 18.3 Å². The summed E-state index contributed by atoms with van der Waals surface area (Å²) >= 11 is 3.23. The Hall–Kier alpha value is -3.40. The third kappa shape index (κ3) is 12.5. The number of hydrogen-bond donors (Lipinski definition) is 1. The predicted octanol–water partition coefficient (Wildman–Crippen LogP) is 13.4. The molecule has 4 aliphatic heterocycles. The summed E-state index contributed by atoms with van der Waals surface area (Å²) in [6, 6.07) is 4.31. The number of nitrogens with one attached hydrogen (secondary N) is 1. The fourth-order valence-corrected chi connectivity index (χ4v) is 18.4. The van der Waals surface area contributed by atoms with Crippen LogP contribution in [0.25, 0.3) is 10.9 Å². The molecule has 79 heavy (non-hydrogen) atoms. The average molecular weight is 1130 g/mol. The molecule has 3 saturated heterocycles. The van der Waals surface area contributed by atoms with Crippen molar-refractivity contribution >= 4 is 63.8 Å². The predicted molar refractivity (Wildman–Crippen MR) is 317 cm³/mol. The number of Topliss-reactive ketones (excluding diaryl/α,β-unsaturated/α-hetero) is 1. The Morgan fingerprint density at radius 1 is 0.886 bits per heavy atom. The van der Waals surface area contributed by atoms with Crippen molar-refractivity contribution in [3.05, 3.63) is 46.4 Å². The second kappa shape index (κ2) is 26.0. The van der Waals surface area contributed by atoms with E-state index < -0.39 is 40.3 Å². The van der Waals surface area contributed by atoms with E-state index in [4.69, 9.17) is 14.2 Å². The van der Waals surface area contributed by atoms with E-state index in [-0.39, 0.29) is 63.3 Å². The molecule has 1 aromatic heterocycles. The normalized spacial score (nSPS) is 32.6. The molecular weight excluding hydrogens is 1040 g/mol. The van der Waals surface area contributed by atoms with Crippen LogP contribution in [0.5, 0.6) is 0 Å². The fraction of sp³-hybridized carbons (Fsp3) is 0.766. The number of esters is 3. The van der Waals surface area contributed by atoms with Gasteiger partial charge in [0.15, 0.2) is 0 Å². The molecule has 9 rings (SSSR count). The Bertz CT molecular complexity index is 2580. The smallest absolute Gasteiger partial charge is 0.345 e. The molecule has 5 heterocycles. The number of pyridine rings is 1. The molecule has 6 fully saturated rings. The van der Waals surface area contributed by atoms with Gasteiger partial charge in [0, 0.05) is 84.4 Å². The molecule has 3 saturated carbocycles. The summed E-state index contributed by atoms with van der Waals surface area (Å²) in [5, 5.41) is 4.58. The number of thioether (sulfide) groups is 2. The van der Waals surface area contributed by atoms with E-state index in [0.29, 0.717) is 71.7 Å². The molecule has 2 aromatic rings. The van der Waals surface area contributed by atoms with Crippen molar-refractivity contribution in [2.45, 2.75) is 242 Å². The third-order valence-corrected chi connectivity index (χ3v) is 23.6. The molecule has 1 aromatic carbocycles. The summed E-state index contributed by atoms with van der Waals surface area (Å²) in [6.07, 6.45) is 22.7. The van der Waals surface area contributed by atoms with Crippen LogP contribution in [0.1, 0.15) is 211 Å². The summed E-state index contributed by atoms with van der Waals surface area (Å²) in [6.45, 7) is 20.3. The Kier molecular flexibility index (Phi) is 19.8. The number of ether oxygens (including phenoxy) is 3. The monoisotopic (exact) mass is 1130 g/mol. The molecule has 0 spiro atoms. The van der Waals surface area contributed by atoms with Gasteiger partial charge in [-0.05, 0) is 121 Å². The zero-order chi connectivity index (χ0) is 56.2. The van der Waals surface area contributed by atoms with E-state index >= 15 is 4.39 Å². The Labute approximate surface area is 480 Å². The highest BCUT2D eigenvalue weighted by Crippen LogP contribution is 2.68. The van der Waals surface area contributed by atoms with E-state index in [1.165, 1.54) is 30.7 Å². The van der Waals surface area contributed by atoms with Crippen LogP contribution in [0.3, 0.4) is 0 Å². The zero-order valence-corrected chi connectivity index (χ0v) is 50.7. The molecule has 438 valence electrons. The molecule has 0 radical (unpaired) electrons. The van der Waals surface area contributed by atoms with Gasteiger partial charge in [0.25, 0.3) is 0 Å². The molecule has 15 heteroatoms. The molecule has 0 amide bonds. The van der Waals surface area contributed by atoms with Gasteiger partial charge in [-0.3, -0.25) is 19.2 Å². The number of fused-ring (bicyclic) bond motifs is 5. The lowest BCUT2D eigenvalue weighted by atomic mass is 9.44. The highest BCUT2D eigenvalue weighted by Gasteiger charge is 2.69. The number of ketones is 1. The Morgan fingerprint density at radius 3 is 2.20 bits per heavy atom. The molecule has 12 nitrogen and oxygen atoms in total. The minimum atomic E-state index is -0.674. The minimum Gasteiger partial charge on any atom is -0.461 e. The van der Waals surface area contributed by atoms with Crippen LogP contribution in [-0.4, -0.2) is 108 Å². The van der Waals surface area contributed by atoms with E-state index in [1.54, 1.807) is 17.8 Å². The number of halogens is 1. The van der Waals surface area contributed by atoms with Crippen LogP contribution in [0.15, 0.2) is 34.6 Å². The average Bonchev–Trinajstić information content (AvgIpc) is 3.08. The number of carbonyl (C=O) groups excluding carboxylic acids is 4. The van der Waals surface area contributed by atoms with Crippen LogP contribution in [0.2, 0.25) is 0 Å². The van der Waals surface area contributed by atoms with Gasteiger partial charge in [0.2, 0.25) is 5.43 Å². The van der Waals surface area contributed by atoms with Gasteiger partial charge in [0.1, 0.15) is 35.5 Å². The number of piperidine rings is 1. The quantitative estimate of drug-likeness (QED) is 0.0437. The van der Waals surface area contributed by atoms with E-state index in [0.717, 1.165) is 135 Å². The van der Waals surface area contributed by atoms with Crippen molar-refractivity contribution in [3.8, 4) is 0 Å². The number of rotatable bonds is 25. The maximum absolute atomic E-state index is 15.7. The molecule has 7 unspecified atom stereocenters. The van der Waals surface area contributed by atoms with Gasteiger partial charge in [-0.1, -0.05) is 110 Å². The van der Waals surface area contributed by atoms with Gasteiger partial charge >= 0.3 is 17.9 Å². The summed E-state index contributed by atoms with van der Waals surface area (Å²) in [5.41, 5.74) is -0.852.